The first kappa shape index (κ1) is 24.7. The smallest absolute Gasteiger partial charge is 0.475 e. The van der Waals surface area contributed by atoms with Crippen LogP contribution in [-0.4, -0.2) is 63.1 Å². The highest BCUT2D eigenvalue weighted by Gasteiger charge is 2.38. The Morgan fingerprint density at radius 2 is 2.10 bits per heavy atom. The molecule has 0 saturated carbocycles. The van der Waals surface area contributed by atoms with Gasteiger partial charge < -0.3 is 15.2 Å². The van der Waals surface area contributed by atoms with Gasteiger partial charge in [0, 0.05) is 24.9 Å². The molecule has 2 rings (SSSR count). The molecule has 0 bridgehead atoms. The van der Waals surface area contributed by atoms with E-state index in [-0.39, 0.29) is 22.9 Å². The fourth-order valence-electron chi connectivity index (χ4n) is 2.32. The molecule has 1 aromatic heterocycles. The Hall–Kier alpha value is -2.34. The minimum Gasteiger partial charge on any atom is -0.475 e. The number of alkyl halides is 3. The van der Waals surface area contributed by atoms with E-state index in [2.05, 4.69) is 10.4 Å². The van der Waals surface area contributed by atoms with Crippen molar-refractivity contribution < 1.29 is 37.4 Å². The lowest BCUT2D eigenvalue weighted by molar-refractivity contribution is -0.192. The van der Waals surface area contributed by atoms with Gasteiger partial charge in [-0.25, -0.2) is 4.79 Å². The first-order valence-corrected chi connectivity index (χ1v) is 9.48. The summed E-state index contributed by atoms with van der Waals surface area (Å²) < 4.78 is 38.2. The van der Waals surface area contributed by atoms with Crippen LogP contribution in [0.5, 0.6) is 0 Å². The highest BCUT2D eigenvalue weighted by Crippen LogP contribution is 2.26. The van der Waals surface area contributed by atoms with E-state index in [1.165, 1.54) is 11.8 Å². The van der Waals surface area contributed by atoms with Gasteiger partial charge >= 0.3 is 18.1 Å². The molecule has 0 radical (unpaired) electrons. The number of nitrogens with one attached hydrogen (secondary N) is 1. The number of rotatable bonds is 5. The van der Waals surface area contributed by atoms with Gasteiger partial charge in [-0.15, -0.1) is 0 Å². The number of esters is 1. The molecule has 2 heterocycles. The normalized spacial score (nSPS) is 18.0. The van der Waals surface area contributed by atoms with Crippen molar-refractivity contribution in [2.24, 2.45) is 0 Å². The zero-order chi connectivity index (χ0) is 22.0. The van der Waals surface area contributed by atoms with Gasteiger partial charge in [0.25, 0.3) is 0 Å². The molecule has 1 atom stereocenters. The zero-order valence-electron chi connectivity index (χ0n) is 15.9. The summed E-state index contributed by atoms with van der Waals surface area (Å²) in [6, 6.07) is 1.86. The van der Waals surface area contributed by atoms with E-state index < -0.39 is 12.1 Å². The maximum Gasteiger partial charge on any atom is 0.490 e. The van der Waals surface area contributed by atoms with Crippen LogP contribution in [0, 0.1) is 0 Å². The summed E-state index contributed by atoms with van der Waals surface area (Å²) in [6.07, 6.45) is -0.402. The quantitative estimate of drug-likeness (QED) is 0.674. The van der Waals surface area contributed by atoms with Crippen LogP contribution in [0.15, 0.2) is 17.8 Å². The van der Waals surface area contributed by atoms with Gasteiger partial charge in [0.05, 0.1) is 12.3 Å². The number of carboxylic acid groups (broad SMARTS) is 1. The number of halogens is 3. The molecule has 0 spiro atoms. The third kappa shape index (κ3) is 9.61. The largest absolute Gasteiger partial charge is 0.490 e. The minimum absolute atomic E-state index is 0.112. The third-order valence-corrected chi connectivity index (χ3v) is 4.62. The Balaban J connectivity index is 0.000000516. The fourth-order valence-corrected chi connectivity index (χ4v) is 3.25. The summed E-state index contributed by atoms with van der Waals surface area (Å²) in [5.41, 5.74) is 1.95. The number of carbonyl (C=O) groups excluding carboxylic acids is 2. The second-order valence-electron chi connectivity index (χ2n) is 5.83. The molecule has 12 heteroatoms. The van der Waals surface area contributed by atoms with Crippen LogP contribution < -0.4 is 5.32 Å². The molecule has 2 N–H and O–H groups in total. The van der Waals surface area contributed by atoms with Crippen molar-refractivity contribution in [2.75, 3.05) is 19.7 Å². The first-order valence-electron chi connectivity index (χ1n) is 8.60. The molecule has 1 aromatic rings. The average Bonchev–Trinajstić information content (AvgIpc) is 3.03. The Labute approximate surface area is 169 Å². The number of thioether (sulfide) groups is 1. The van der Waals surface area contributed by atoms with Crippen LogP contribution in [0.3, 0.4) is 0 Å². The van der Waals surface area contributed by atoms with Gasteiger partial charge in [0.1, 0.15) is 6.54 Å². The van der Waals surface area contributed by atoms with E-state index in [0.29, 0.717) is 6.61 Å². The Kier molecular flexibility index (Phi) is 9.89. The number of carbonyl (C=O) groups is 3. The van der Waals surface area contributed by atoms with E-state index in [0.717, 1.165) is 30.8 Å². The summed E-state index contributed by atoms with van der Waals surface area (Å²) in [6.45, 7) is 5.53. The molecule has 1 aliphatic rings. The lowest BCUT2D eigenvalue weighted by Crippen LogP contribution is -2.32. The zero-order valence-corrected chi connectivity index (χ0v) is 16.7. The van der Waals surface area contributed by atoms with Gasteiger partial charge in [-0.3, -0.25) is 14.3 Å². The van der Waals surface area contributed by atoms with Crippen molar-refractivity contribution >= 4 is 34.9 Å². The van der Waals surface area contributed by atoms with E-state index in [9.17, 15) is 22.8 Å². The summed E-state index contributed by atoms with van der Waals surface area (Å²) >= 11 is 1.37. The van der Waals surface area contributed by atoms with Crippen LogP contribution in [-0.2, 0) is 25.7 Å². The summed E-state index contributed by atoms with van der Waals surface area (Å²) in [7, 11) is 0. The summed E-state index contributed by atoms with van der Waals surface area (Å²) in [5.74, 6) is -3.05. The molecule has 1 saturated heterocycles. The third-order valence-electron chi connectivity index (χ3n) is 3.47. The summed E-state index contributed by atoms with van der Waals surface area (Å²) in [4.78, 5) is 31.7. The molecular weight excluding hydrogens is 415 g/mol. The van der Waals surface area contributed by atoms with Gasteiger partial charge in [-0.1, -0.05) is 11.8 Å². The molecule has 1 fully saturated rings. The Bertz CT molecular complexity index is 749. The van der Waals surface area contributed by atoms with E-state index in [1.54, 1.807) is 24.7 Å². The van der Waals surface area contributed by atoms with Crippen molar-refractivity contribution in [3.05, 3.63) is 23.5 Å². The fraction of sp³-hybridized carbons (Fsp3) is 0.529. The van der Waals surface area contributed by atoms with Crippen LogP contribution in [0.25, 0.3) is 6.08 Å². The number of piperidine rings is 1. The molecular formula is C17H22F3N3O5S. The van der Waals surface area contributed by atoms with Crippen LogP contribution in [0.4, 0.5) is 13.2 Å². The maximum atomic E-state index is 11.4. The second-order valence-corrected chi connectivity index (χ2v) is 7.21. The second kappa shape index (κ2) is 11.6. The molecule has 29 heavy (non-hydrogen) atoms. The van der Waals surface area contributed by atoms with Gasteiger partial charge in [0.15, 0.2) is 5.12 Å². The Morgan fingerprint density at radius 1 is 1.45 bits per heavy atom. The minimum atomic E-state index is -5.08. The van der Waals surface area contributed by atoms with Crippen molar-refractivity contribution in [2.45, 2.75) is 38.2 Å². The number of aromatic nitrogens is 2. The van der Waals surface area contributed by atoms with Crippen molar-refractivity contribution in [1.29, 1.82) is 0 Å². The predicted octanol–water partition coefficient (Wildman–Crippen LogP) is 2.10. The number of nitrogens with zero attached hydrogens (tertiary/aromatic N) is 2. The number of hydrogen-bond donors (Lipinski definition) is 2. The number of carboxylic acids is 1. The van der Waals surface area contributed by atoms with Crippen molar-refractivity contribution in [3.63, 3.8) is 0 Å². The molecule has 0 amide bonds. The van der Waals surface area contributed by atoms with Crippen LogP contribution in [0.1, 0.15) is 26.0 Å². The monoisotopic (exact) mass is 437 g/mol. The SMILES string of the molecule is CCOC(=O)Cn1ccc(C=C2CNCCC2SC(C)=O)n1.O=C(O)C(F)(F)F. The molecule has 1 unspecified atom stereocenters. The molecule has 0 aromatic carbocycles. The number of ether oxygens (including phenoxy) is 1. The predicted molar refractivity (Wildman–Crippen MR) is 100 cm³/mol. The topological polar surface area (TPSA) is 111 Å². The average molecular weight is 437 g/mol. The van der Waals surface area contributed by atoms with E-state index in [1.807, 2.05) is 12.1 Å². The molecule has 1 aliphatic heterocycles. The van der Waals surface area contributed by atoms with Crippen LogP contribution >= 0.6 is 11.8 Å². The van der Waals surface area contributed by atoms with Crippen molar-refractivity contribution in [1.82, 2.24) is 15.1 Å². The highest BCUT2D eigenvalue weighted by molar-refractivity contribution is 8.14. The molecule has 0 aliphatic carbocycles. The first-order chi connectivity index (χ1) is 13.5. The highest BCUT2D eigenvalue weighted by atomic mass is 32.2. The number of hydrogen-bond acceptors (Lipinski definition) is 7. The van der Waals surface area contributed by atoms with Crippen LogP contribution in [0.2, 0.25) is 0 Å². The van der Waals surface area contributed by atoms with E-state index >= 15 is 0 Å². The van der Waals surface area contributed by atoms with Gasteiger partial charge in [-0.2, -0.15) is 18.3 Å². The van der Waals surface area contributed by atoms with Gasteiger partial charge in [-0.05, 0) is 37.6 Å². The van der Waals surface area contributed by atoms with E-state index in [4.69, 9.17) is 14.6 Å². The Morgan fingerprint density at radius 3 is 2.66 bits per heavy atom. The lowest BCUT2D eigenvalue weighted by atomic mass is 10.0. The maximum absolute atomic E-state index is 11.4. The molecule has 162 valence electrons. The summed E-state index contributed by atoms with van der Waals surface area (Å²) in [5, 5.41) is 15.1. The number of aliphatic carboxylic acids is 1. The molecule has 8 nitrogen and oxygen atoms in total. The lowest BCUT2D eigenvalue weighted by Gasteiger charge is -2.24. The van der Waals surface area contributed by atoms with Crippen molar-refractivity contribution in [3.8, 4) is 0 Å². The van der Waals surface area contributed by atoms with Gasteiger partial charge in [0.2, 0.25) is 0 Å². The standard InChI is InChI=1S/C15H21N3O3S.C2HF3O2/c1-3-21-15(20)10-18-7-5-13(17-18)8-12-9-16-6-4-14(12)22-11(2)19;3-2(4,5)1(6)7/h5,7-8,14,16H,3-4,6,9-10H2,1-2H3;(H,6,7).